The Kier molecular flexibility index (Phi) is 3.17. The maximum absolute atomic E-state index is 12.4. The molecule has 7 nitrogen and oxygen atoms in total. The first-order chi connectivity index (χ1) is 10.8. The zero-order chi connectivity index (χ0) is 14.9. The van der Waals surface area contributed by atoms with Gasteiger partial charge in [-0.2, -0.15) is 0 Å². The van der Waals surface area contributed by atoms with E-state index in [1.807, 2.05) is 34.0 Å². The molecule has 1 aromatic carbocycles. The summed E-state index contributed by atoms with van der Waals surface area (Å²) < 4.78 is 12.5. The van der Waals surface area contributed by atoms with E-state index in [4.69, 9.17) is 9.47 Å². The van der Waals surface area contributed by atoms with Crippen LogP contribution in [0.5, 0.6) is 11.5 Å². The predicted molar refractivity (Wildman–Crippen MR) is 76.5 cm³/mol. The van der Waals surface area contributed by atoms with E-state index in [1.54, 1.807) is 6.20 Å². The van der Waals surface area contributed by atoms with Crippen molar-refractivity contribution in [3.8, 4) is 11.5 Å². The van der Waals surface area contributed by atoms with Crippen LogP contribution in [0.2, 0.25) is 0 Å². The number of rotatable bonds is 3. The Morgan fingerprint density at radius 3 is 3.09 bits per heavy atom. The molecule has 1 fully saturated rings. The number of benzene rings is 1. The summed E-state index contributed by atoms with van der Waals surface area (Å²) >= 11 is 0. The highest BCUT2D eigenvalue weighted by Gasteiger charge is 2.28. The van der Waals surface area contributed by atoms with Crippen molar-refractivity contribution in [2.75, 3.05) is 19.9 Å². The lowest BCUT2D eigenvalue weighted by Crippen LogP contribution is -2.30. The fourth-order valence-corrected chi connectivity index (χ4v) is 2.93. The first-order valence-corrected chi connectivity index (χ1v) is 7.32. The SMILES string of the molecule is O=C(Cc1ccc2c(c1)OCO2)N1CC[C@H](n2ccnn2)C1. The summed E-state index contributed by atoms with van der Waals surface area (Å²) in [6, 6.07) is 5.87. The molecule has 1 aromatic heterocycles. The van der Waals surface area contributed by atoms with E-state index >= 15 is 0 Å². The van der Waals surface area contributed by atoms with E-state index in [2.05, 4.69) is 10.3 Å². The fourth-order valence-electron chi connectivity index (χ4n) is 2.93. The highest BCUT2D eigenvalue weighted by atomic mass is 16.7. The summed E-state index contributed by atoms with van der Waals surface area (Å²) in [6.07, 6.45) is 4.80. The van der Waals surface area contributed by atoms with Gasteiger partial charge in [0, 0.05) is 19.3 Å². The van der Waals surface area contributed by atoms with Crippen LogP contribution < -0.4 is 9.47 Å². The van der Waals surface area contributed by atoms with Gasteiger partial charge in [0.2, 0.25) is 12.7 Å². The Bertz CT molecular complexity index is 686. The van der Waals surface area contributed by atoms with Crippen molar-refractivity contribution in [2.45, 2.75) is 18.9 Å². The monoisotopic (exact) mass is 300 g/mol. The third kappa shape index (κ3) is 2.38. The number of hydrogen-bond acceptors (Lipinski definition) is 5. The van der Waals surface area contributed by atoms with Crippen LogP contribution in [0, 0.1) is 0 Å². The molecule has 0 saturated carbocycles. The molecule has 0 spiro atoms. The summed E-state index contributed by atoms with van der Waals surface area (Å²) in [4.78, 5) is 14.3. The minimum Gasteiger partial charge on any atom is -0.454 e. The van der Waals surface area contributed by atoms with Crippen LogP contribution in [-0.2, 0) is 11.2 Å². The number of hydrogen-bond donors (Lipinski definition) is 0. The Hall–Kier alpha value is -2.57. The lowest BCUT2D eigenvalue weighted by molar-refractivity contribution is -0.129. The quantitative estimate of drug-likeness (QED) is 0.846. The van der Waals surface area contributed by atoms with Gasteiger partial charge in [-0.05, 0) is 24.1 Å². The van der Waals surface area contributed by atoms with Crippen LogP contribution in [-0.4, -0.2) is 45.7 Å². The molecule has 0 N–H and O–H groups in total. The van der Waals surface area contributed by atoms with Crippen LogP contribution in [0.1, 0.15) is 18.0 Å². The molecule has 3 heterocycles. The minimum absolute atomic E-state index is 0.126. The molecule has 0 radical (unpaired) electrons. The second kappa shape index (κ2) is 5.32. The van der Waals surface area contributed by atoms with Gasteiger partial charge < -0.3 is 14.4 Å². The van der Waals surface area contributed by atoms with Gasteiger partial charge in [-0.3, -0.25) is 4.79 Å². The largest absolute Gasteiger partial charge is 0.454 e. The first kappa shape index (κ1) is 13.1. The molecule has 1 saturated heterocycles. The minimum atomic E-state index is 0.126. The van der Waals surface area contributed by atoms with Crippen molar-refractivity contribution >= 4 is 5.91 Å². The van der Waals surface area contributed by atoms with E-state index in [-0.39, 0.29) is 18.7 Å². The van der Waals surface area contributed by atoms with Gasteiger partial charge in [-0.15, -0.1) is 5.10 Å². The number of ether oxygens (including phenoxy) is 2. The van der Waals surface area contributed by atoms with Crippen molar-refractivity contribution in [1.82, 2.24) is 19.9 Å². The van der Waals surface area contributed by atoms with Gasteiger partial charge in [-0.25, -0.2) is 4.68 Å². The molecule has 22 heavy (non-hydrogen) atoms. The summed E-state index contributed by atoms with van der Waals surface area (Å²) in [7, 11) is 0. The number of amides is 1. The summed E-state index contributed by atoms with van der Waals surface area (Å²) in [5.74, 6) is 1.58. The Morgan fingerprint density at radius 2 is 2.23 bits per heavy atom. The Balaban J connectivity index is 1.40. The van der Waals surface area contributed by atoms with E-state index in [1.165, 1.54) is 0 Å². The van der Waals surface area contributed by atoms with Crippen LogP contribution in [0.25, 0.3) is 0 Å². The van der Waals surface area contributed by atoms with Gasteiger partial charge >= 0.3 is 0 Å². The number of fused-ring (bicyclic) bond motifs is 1. The van der Waals surface area contributed by atoms with Crippen LogP contribution in [0.15, 0.2) is 30.6 Å². The van der Waals surface area contributed by atoms with E-state index in [9.17, 15) is 4.79 Å². The van der Waals surface area contributed by atoms with Crippen LogP contribution in [0.4, 0.5) is 0 Å². The van der Waals surface area contributed by atoms with Crippen molar-refractivity contribution < 1.29 is 14.3 Å². The molecule has 2 aliphatic heterocycles. The van der Waals surface area contributed by atoms with Crippen molar-refractivity contribution in [3.05, 3.63) is 36.2 Å². The number of carbonyl (C=O) groups excluding carboxylic acids is 1. The van der Waals surface area contributed by atoms with E-state index in [0.717, 1.165) is 24.3 Å². The molecule has 114 valence electrons. The molecule has 0 bridgehead atoms. The van der Waals surface area contributed by atoms with Gasteiger partial charge in [0.05, 0.1) is 18.7 Å². The lowest BCUT2D eigenvalue weighted by Gasteiger charge is -2.16. The number of aromatic nitrogens is 3. The average molecular weight is 300 g/mol. The molecular weight excluding hydrogens is 284 g/mol. The fraction of sp³-hybridized carbons (Fsp3) is 0.400. The van der Waals surface area contributed by atoms with Crippen molar-refractivity contribution in [2.24, 2.45) is 0 Å². The van der Waals surface area contributed by atoms with Gasteiger partial charge in [0.1, 0.15) is 0 Å². The number of nitrogens with zero attached hydrogens (tertiary/aromatic N) is 4. The van der Waals surface area contributed by atoms with E-state index < -0.39 is 0 Å². The first-order valence-electron chi connectivity index (χ1n) is 7.32. The Morgan fingerprint density at radius 1 is 1.32 bits per heavy atom. The van der Waals surface area contributed by atoms with Crippen molar-refractivity contribution in [1.29, 1.82) is 0 Å². The maximum atomic E-state index is 12.4. The molecule has 1 atom stereocenters. The summed E-state index contributed by atoms with van der Waals surface area (Å²) in [5.41, 5.74) is 0.943. The molecule has 7 heteroatoms. The molecule has 2 aliphatic rings. The number of likely N-dealkylation sites (tertiary alicyclic amines) is 1. The zero-order valence-electron chi connectivity index (χ0n) is 12.0. The third-order valence-corrected chi connectivity index (χ3v) is 4.12. The van der Waals surface area contributed by atoms with Gasteiger partial charge in [0.15, 0.2) is 11.5 Å². The maximum Gasteiger partial charge on any atom is 0.231 e. The lowest BCUT2D eigenvalue weighted by atomic mass is 10.1. The van der Waals surface area contributed by atoms with E-state index in [0.29, 0.717) is 18.7 Å². The van der Waals surface area contributed by atoms with Crippen LogP contribution >= 0.6 is 0 Å². The summed E-state index contributed by atoms with van der Waals surface area (Å²) in [5, 5.41) is 7.84. The highest BCUT2D eigenvalue weighted by molar-refractivity contribution is 5.79. The number of carbonyl (C=O) groups is 1. The second-order valence-corrected chi connectivity index (χ2v) is 5.53. The Labute approximate surface area is 127 Å². The molecule has 0 aliphatic carbocycles. The molecule has 2 aromatic rings. The van der Waals surface area contributed by atoms with Gasteiger partial charge in [0.25, 0.3) is 0 Å². The zero-order valence-corrected chi connectivity index (χ0v) is 12.0. The normalized spacial score (nSPS) is 19.6. The standard InChI is InChI=1S/C15H16N4O3/c20-15(8-11-1-2-13-14(7-11)22-10-21-13)18-5-3-12(9-18)19-6-4-16-17-19/h1-2,4,6-7,12H,3,5,8-10H2/t12-/m0/s1. The highest BCUT2D eigenvalue weighted by Crippen LogP contribution is 2.32. The molecular formula is C15H16N4O3. The van der Waals surface area contributed by atoms with Gasteiger partial charge in [-0.1, -0.05) is 11.3 Å². The topological polar surface area (TPSA) is 69.5 Å². The van der Waals surface area contributed by atoms with Crippen molar-refractivity contribution in [3.63, 3.8) is 0 Å². The van der Waals surface area contributed by atoms with Crippen LogP contribution in [0.3, 0.4) is 0 Å². The molecule has 4 rings (SSSR count). The average Bonchev–Trinajstić information content (AvgIpc) is 3.26. The molecule has 0 unspecified atom stereocenters. The second-order valence-electron chi connectivity index (χ2n) is 5.53. The predicted octanol–water partition coefficient (Wildman–Crippen LogP) is 1.02. The third-order valence-electron chi connectivity index (χ3n) is 4.12. The molecule has 1 amide bonds. The smallest absolute Gasteiger partial charge is 0.231 e. The summed E-state index contributed by atoms with van der Waals surface area (Å²) in [6.45, 7) is 1.69.